The van der Waals surface area contributed by atoms with Crippen molar-refractivity contribution in [2.75, 3.05) is 21.3 Å². The number of benzene rings is 1. The number of carbonyl (C=O) groups is 2. The Morgan fingerprint density at radius 1 is 1.18 bits per heavy atom. The van der Waals surface area contributed by atoms with Crippen molar-refractivity contribution in [1.82, 2.24) is 10.0 Å². The van der Waals surface area contributed by atoms with Crippen molar-refractivity contribution in [2.45, 2.75) is 12.5 Å². The van der Waals surface area contributed by atoms with E-state index in [2.05, 4.69) is 10.1 Å². The van der Waals surface area contributed by atoms with Crippen LogP contribution in [-0.2, 0) is 20.7 Å². The van der Waals surface area contributed by atoms with Crippen molar-refractivity contribution >= 4 is 23.0 Å². The summed E-state index contributed by atoms with van der Waals surface area (Å²) < 4.78 is 10.9. The lowest BCUT2D eigenvalue weighted by molar-refractivity contribution is -0.142. The van der Waals surface area contributed by atoms with Gasteiger partial charge in [-0.2, -0.15) is 4.73 Å². The summed E-state index contributed by atoms with van der Waals surface area (Å²) in [7, 11) is 4.06. The third-order valence-corrected chi connectivity index (χ3v) is 3.34. The Morgan fingerprint density at radius 3 is 2.55 bits per heavy atom. The van der Waals surface area contributed by atoms with Gasteiger partial charge in [-0.05, 0) is 11.6 Å². The maximum atomic E-state index is 11.8. The Morgan fingerprint density at radius 2 is 1.91 bits per heavy atom. The number of aromatic nitrogens is 1. The van der Waals surface area contributed by atoms with E-state index in [1.165, 1.54) is 14.2 Å². The lowest BCUT2D eigenvalue weighted by Gasteiger charge is -2.15. The van der Waals surface area contributed by atoms with Crippen LogP contribution in [-0.4, -0.2) is 44.2 Å². The lowest BCUT2D eigenvalue weighted by Crippen LogP contribution is -2.42. The van der Waals surface area contributed by atoms with Gasteiger partial charge in [-0.15, -0.1) is 0 Å². The number of hydrogen-bond donors (Lipinski definition) is 1. The molecule has 1 amide bonds. The van der Waals surface area contributed by atoms with E-state index >= 15 is 0 Å². The van der Waals surface area contributed by atoms with E-state index in [0.717, 1.165) is 16.5 Å². The Balaban J connectivity index is 2.33. The van der Waals surface area contributed by atoms with Gasteiger partial charge >= 0.3 is 12.1 Å². The number of hydrogen-bond acceptors (Lipinski definition) is 5. The number of alkyl carbamates (subject to hydrolysis) is 1. The summed E-state index contributed by atoms with van der Waals surface area (Å²) in [4.78, 5) is 28.5. The number of rotatable bonds is 5. The van der Waals surface area contributed by atoms with Crippen LogP contribution in [0.2, 0.25) is 0 Å². The molecule has 0 spiro atoms. The summed E-state index contributed by atoms with van der Waals surface area (Å²) in [5.41, 5.74) is 1.73. The van der Waals surface area contributed by atoms with Gasteiger partial charge in [0.15, 0.2) is 0 Å². The van der Waals surface area contributed by atoms with Crippen LogP contribution >= 0.6 is 0 Å². The average Bonchev–Trinajstić information content (AvgIpc) is 2.91. The smallest absolute Gasteiger partial charge is 0.407 e. The molecule has 0 aliphatic rings. The molecular formula is C15H18N2O5. The summed E-state index contributed by atoms with van der Waals surface area (Å²) in [6.07, 6.45) is 1.35. The third-order valence-electron chi connectivity index (χ3n) is 3.34. The van der Waals surface area contributed by atoms with E-state index in [0.29, 0.717) is 0 Å². The molecule has 2 rings (SSSR count). The van der Waals surface area contributed by atoms with E-state index in [1.54, 1.807) is 18.0 Å². The SMILES string of the molecule is COC(=O)N[C@@H](Cc1cn(OC)c2ccccc12)C(=O)OC. The number of ether oxygens (including phenoxy) is 2. The van der Waals surface area contributed by atoms with Gasteiger partial charge < -0.3 is 19.6 Å². The highest BCUT2D eigenvalue weighted by atomic mass is 16.6. The van der Waals surface area contributed by atoms with Crippen LogP contribution in [0.15, 0.2) is 30.5 Å². The normalized spacial score (nSPS) is 11.8. The first kappa shape index (κ1) is 15.7. The predicted molar refractivity (Wildman–Crippen MR) is 79.5 cm³/mol. The van der Waals surface area contributed by atoms with Gasteiger partial charge in [-0.3, -0.25) is 0 Å². The number of esters is 1. The molecule has 1 N–H and O–H groups in total. The van der Waals surface area contributed by atoms with Gasteiger partial charge in [-0.1, -0.05) is 18.2 Å². The Hall–Kier alpha value is -2.70. The largest absolute Gasteiger partial charge is 0.467 e. The van der Waals surface area contributed by atoms with Crippen molar-refractivity contribution in [1.29, 1.82) is 0 Å². The molecule has 1 aromatic carbocycles. The summed E-state index contributed by atoms with van der Waals surface area (Å²) in [6.45, 7) is 0. The Kier molecular flexibility index (Phi) is 4.88. The highest BCUT2D eigenvalue weighted by Crippen LogP contribution is 2.22. The minimum atomic E-state index is -0.839. The fourth-order valence-electron chi connectivity index (χ4n) is 2.29. The van der Waals surface area contributed by atoms with Gasteiger partial charge in [0.25, 0.3) is 0 Å². The molecule has 0 saturated carbocycles. The number of amides is 1. The molecule has 7 nitrogen and oxygen atoms in total. The maximum absolute atomic E-state index is 11.8. The first-order chi connectivity index (χ1) is 10.6. The van der Waals surface area contributed by atoms with Crippen LogP contribution in [0.3, 0.4) is 0 Å². The quantitative estimate of drug-likeness (QED) is 0.838. The molecule has 7 heteroatoms. The van der Waals surface area contributed by atoms with E-state index in [4.69, 9.17) is 9.57 Å². The monoisotopic (exact) mass is 306 g/mol. The van der Waals surface area contributed by atoms with Crippen molar-refractivity contribution in [2.24, 2.45) is 0 Å². The average molecular weight is 306 g/mol. The van der Waals surface area contributed by atoms with Crippen molar-refractivity contribution in [3.63, 3.8) is 0 Å². The molecule has 1 aromatic heterocycles. The van der Waals surface area contributed by atoms with E-state index in [9.17, 15) is 9.59 Å². The first-order valence-electron chi connectivity index (χ1n) is 6.66. The second-order valence-corrected chi connectivity index (χ2v) is 4.60. The molecule has 1 heterocycles. The molecule has 0 fully saturated rings. The molecule has 0 radical (unpaired) electrons. The third kappa shape index (κ3) is 3.13. The molecule has 0 aliphatic carbocycles. The van der Waals surface area contributed by atoms with Gasteiger partial charge in [0.2, 0.25) is 0 Å². The van der Waals surface area contributed by atoms with Crippen molar-refractivity contribution < 1.29 is 23.9 Å². The molecule has 2 aromatic rings. The zero-order valence-corrected chi connectivity index (χ0v) is 12.7. The van der Waals surface area contributed by atoms with Gasteiger partial charge in [0, 0.05) is 18.0 Å². The number of fused-ring (bicyclic) bond motifs is 1. The molecule has 0 unspecified atom stereocenters. The van der Waals surface area contributed by atoms with Gasteiger partial charge in [0.05, 0.1) is 19.7 Å². The van der Waals surface area contributed by atoms with Crippen LogP contribution in [0.1, 0.15) is 5.56 Å². The summed E-state index contributed by atoms with van der Waals surface area (Å²) in [5.74, 6) is -0.542. The van der Waals surface area contributed by atoms with E-state index < -0.39 is 18.1 Å². The Bertz CT molecular complexity index is 680. The second-order valence-electron chi connectivity index (χ2n) is 4.60. The lowest BCUT2D eigenvalue weighted by atomic mass is 10.1. The molecule has 22 heavy (non-hydrogen) atoms. The van der Waals surface area contributed by atoms with Gasteiger partial charge in [0.1, 0.15) is 13.2 Å². The van der Waals surface area contributed by atoms with Crippen molar-refractivity contribution in [3.05, 3.63) is 36.0 Å². The van der Waals surface area contributed by atoms with Crippen molar-refractivity contribution in [3.8, 4) is 0 Å². The summed E-state index contributed by atoms with van der Waals surface area (Å²) in [5, 5.41) is 3.41. The fourth-order valence-corrected chi connectivity index (χ4v) is 2.29. The number of para-hydroxylation sites is 1. The minimum Gasteiger partial charge on any atom is -0.467 e. The number of methoxy groups -OCH3 is 2. The molecule has 1 atom stereocenters. The molecule has 0 bridgehead atoms. The second kappa shape index (κ2) is 6.84. The summed E-state index contributed by atoms with van der Waals surface area (Å²) >= 11 is 0. The fraction of sp³-hybridized carbons (Fsp3) is 0.333. The van der Waals surface area contributed by atoms with Crippen LogP contribution in [0, 0.1) is 0 Å². The van der Waals surface area contributed by atoms with Crippen LogP contribution < -0.4 is 10.2 Å². The summed E-state index contributed by atoms with van der Waals surface area (Å²) in [6, 6.07) is 6.78. The topological polar surface area (TPSA) is 78.8 Å². The van der Waals surface area contributed by atoms with E-state index in [-0.39, 0.29) is 6.42 Å². The van der Waals surface area contributed by atoms with Crippen LogP contribution in [0.4, 0.5) is 4.79 Å². The predicted octanol–water partition coefficient (Wildman–Crippen LogP) is 1.14. The number of nitrogens with zero attached hydrogens (tertiary/aromatic N) is 1. The molecular weight excluding hydrogens is 288 g/mol. The van der Waals surface area contributed by atoms with Crippen LogP contribution in [0.5, 0.6) is 0 Å². The molecule has 0 aliphatic heterocycles. The highest BCUT2D eigenvalue weighted by Gasteiger charge is 2.24. The minimum absolute atomic E-state index is 0.263. The molecule has 118 valence electrons. The standard InChI is InChI=1S/C15H18N2O5/c1-20-14(18)12(16-15(19)21-2)8-10-9-17(22-3)13-7-5-4-6-11(10)13/h4-7,9,12H,8H2,1-3H3,(H,16,19)/t12-/m0/s1. The molecule has 0 saturated heterocycles. The zero-order chi connectivity index (χ0) is 16.1. The first-order valence-corrected chi connectivity index (χ1v) is 6.66. The van der Waals surface area contributed by atoms with E-state index in [1.807, 2.05) is 24.3 Å². The Labute approximate surface area is 127 Å². The highest BCUT2D eigenvalue weighted by molar-refractivity contribution is 5.86. The van der Waals surface area contributed by atoms with Gasteiger partial charge in [-0.25, -0.2) is 9.59 Å². The number of carbonyl (C=O) groups excluding carboxylic acids is 2. The maximum Gasteiger partial charge on any atom is 0.407 e. The van der Waals surface area contributed by atoms with Crippen LogP contribution in [0.25, 0.3) is 10.9 Å². The number of nitrogens with one attached hydrogen (secondary N) is 1. The zero-order valence-electron chi connectivity index (χ0n) is 12.7.